The number of nitrogens with two attached hydrogens (primary N) is 1. The zero-order chi connectivity index (χ0) is 11.7. The lowest BCUT2D eigenvalue weighted by atomic mass is 9.97. The average Bonchev–Trinajstić information content (AvgIpc) is 2.82. The van der Waals surface area contributed by atoms with Crippen LogP contribution in [-0.4, -0.2) is 24.6 Å². The molecule has 2 aromatic rings. The van der Waals surface area contributed by atoms with Crippen LogP contribution in [0.25, 0.3) is 11.1 Å². The Morgan fingerprint density at radius 1 is 1.28 bits per heavy atom. The van der Waals surface area contributed by atoms with Gasteiger partial charge in [0.05, 0.1) is 0 Å². The van der Waals surface area contributed by atoms with Gasteiger partial charge in [-0.3, -0.25) is 0 Å². The molecule has 1 fully saturated rings. The lowest BCUT2D eigenvalue weighted by Crippen LogP contribution is -2.36. The van der Waals surface area contributed by atoms with E-state index < -0.39 is 0 Å². The summed E-state index contributed by atoms with van der Waals surface area (Å²) < 4.78 is 5.76. The Morgan fingerprint density at radius 2 is 2.00 bits per heavy atom. The van der Waals surface area contributed by atoms with Crippen molar-refractivity contribution in [3.63, 3.8) is 0 Å². The lowest BCUT2D eigenvalue weighted by molar-refractivity contribution is 0.398. The summed E-state index contributed by atoms with van der Waals surface area (Å²) in [4.78, 5) is 6.73. The number of oxazole rings is 1. The number of para-hydroxylation sites is 2. The van der Waals surface area contributed by atoms with Crippen molar-refractivity contribution in [3.05, 3.63) is 24.3 Å². The van der Waals surface area contributed by atoms with Crippen LogP contribution < -0.4 is 10.6 Å². The second-order valence-corrected chi connectivity index (χ2v) is 4.63. The first-order chi connectivity index (χ1) is 8.36. The summed E-state index contributed by atoms with van der Waals surface area (Å²) in [5.41, 5.74) is 7.49. The predicted molar refractivity (Wildman–Crippen MR) is 75.2 cm³/mol. The van der Waals surface area contributed by atoms with E-state index >= 15 is 0 Å². The molecule has 1 aromatic heterocycles. The van der Waals surface area contributed by atoms with Crippen molar-refractivity contribution >= 4 is 29.5 Å². The van der Waals surface area contributed by atoms with Gasteiger partial charge in [-0.25, -0.2) is 0 Å². The summed E-state index contributed by atoms with van der Waals surface area (Å²) in [5.74, 6) is 0.663. The summed E-state index contributed by atoms with van der Waals surface area (Å²) in [6.45, 7) is 2.78. The molecule has 3 rings (SSSR count). The highest BCUT2D eigenvalue weighted by Crippen LogP contribution is 2.25. The van der Waals surface area contributed by atoms with Gasteiger partial charge in [-0.2, -0.15) is 4.98 Å². The van der Waals surface area contributed by atoms with Gasteiger partial charge in [0.2, 0.25) is 0 Å². The van der Waals surface area contributed by atoms with Crippen molar-refractivity contribution in [2.45, 2.75) is 12.8 Å². The van der Waals surface area contributed by atoms with E-state index in [0.29, 0.717) is 5.92 Å². The fraction of sp³-hybridized carbons (Fsp3) is 0.462. The molecule has 4 nitrogen and oxygen atoms in total. The van der Waals surface area contributed by atoms with Crippen LogP contribution in [0, 0.1) is 5.92 Å². The van der Waals surface area contributed by atoms with Crippen molar-refractivity contribution in [3.8, 4) is 0 Å². The Kier molecular flexibility index (Phi) is 4.09. The van der Waals surface area contributed by atoms with Crippen molar-refractivity contribution < 1.29 is 4.42 Å². The number of anilines is 1. The third-order valence-corrected chi connectivity index (χ3v) is 3.50. The summed E-state index contributed by atoms with van der Waals surface area (Å²) in [6, 6.07) is 8.64. The molecule has 0 atom stereocenters. The Morgan fingerprint density at radius 3 is 2.67 bits per heavy atom. The first-order valence-corrected chi connectivity index (χ1v) is 6.17. The average molecular weight is 268 g/mol. The van der Waals surface area contributed by atoms with Gasteiger partial charge in [0.25, 0.3) is 6.01 Å². The molecular weight excluding hydrogens is 250 g/mol. The molecule has 0 amide bonds. The number of halogens is 1. The largest absolute Gasteiger partial charge is 0.423 e. The number of fused-ring (bicyclic) bond motifs is 1. The third-order valence-electron chi connectivity index (χ3n) is 3.50. The van der Waals surface area contributed by atoms with Crippen molar-refractivity contribution in [2.24, 2.45) is 11.7 Å². The summed E-state index contributed by atoms with van der Waals surface area (Å²) in [6.07, 6.45) is 2.27. The molecule has 0 bridgehead atoms. The highest BCUT2D eigenvalue weighted by atomic mass is 35.5. The molecule has 1 aromatic carbocycles. The first kappa shape index (κ1) is 13.2. The maximum atomic E-state index is 5.76. The SMILES string of the molecule is Cl.NCC1CCN(c2nc3ccccc3o2)CC1. The molecule has 2 N–H and O–H groups in total. The minimum atomic E-state index is 0. The topological polar surface area (TPSA) is 55.3 Å². The Hall–Kier alpha value is -1.26. The highest BCUT2D eigenvalue weighted by Gasteiger charge is 2.21. The van der Waals surface area contributed by atoms with Crippen LogP contribution in [0.2, 0.25) is 0 Å². The number of nitrogens with zero attached hydrogens (tertiary/aromatic N) is 2. The quantitative estimate of drug-likeness (QED) is 0.908. The number of hydrogen-bond acceptors (Lipinski definition) is 4. The molecule has 0 spiro atoms. The van der Waals surface area contributed by atoms with E-state index in [4.69, 9.17) is 10.2 Å². The van der Waals surface area contributed by atoms with Crippen molar-refractivity contribution in [1.82, 2.24) is 4.98 Å². The number of piperidine rings is 1. The van der Waals surface area contributed by atoms with Gasteiger partial charge in [0.1, 0.15) is 5.52 Å². The van der Waals surface area contributed by atoms with Crippen LogP contribution in [0.3, 0.4) is 0 Å². The zero-order valence-electron chi connectivity index (χ0n) is 10.2. The molecule has 0 aliphatic carbocycles. The molecule has 2 heterocycles. The van der Waals surface area contributed by atoms with Gasteiger partial charge in [-0.1, -0.05) is 12.1 Å². The molecule has 1 aliphatic rings. The first-order valence-electron chi connectivity index (χ1n) is 6.17. The van der Waals surface area contributed by atoms with Gasteiger partial charge >= 0.3 is 0 Å². The number of aromatic nitrogens is 1. The lowest BCUT2D eigenvalue weighted by Gasteiger charge is -2.29. The molecule has 0 radical (unpaired) electrons. The standard InChI is InChI=1S/C13H17N3O.ClH/c14-9-10-5-7-16(8-6-10)13-15-11-3-1-2-4-12(11)17-13;/h1-4,10H,5-9,14H2;1H. The molecule has 5 heteroatoms. The van der Waals surface area contributed by atoms with Crippen molar-refractivity contribution in [2.75, 3.05) is 24.5 Å². The molecule has 1 aliphatic heterocycles. The van der Waals surface area contributed by atoms with E-state index in [1.165, 1.54) is 0 Å². The van der Waals surface area contributed by atoms with Crippen LogP contribution >= 0.6 is 12.4 Å². The monoisotopic (exact) mass is 267 g/mol. The van der Waals surface area contributed by atoms with Gasteiger partial charge < -0.3 is 15.1 Å². The molecule has 98 valence electrons. The van der Waals surface area contributed by atoms with E-state index in [2.05, 4.69) is 9.88 Å². The zero-order valence-corrected chi connectivity index (χ0v) is 11.0. The predicted octanol–water partition coefficient (Wildman–Crippen LogP) is 2.42. The Labute approximate surface area is 113 Å². The Bertz CT molecular complexity index is 473. The van der Waals surface area contributed by atoms with E-state index in [0.717, 1.165) is 49.6 Å². The number of hydrogen-bond donors (Lipinski definition) is 1. The molecule has 0 unspecified atom stereocenters. The number of rotatable bonds is 2. The van der Waals surface area contributed by atoms with Gasteiger partial charge in [-0.15, -0.1) is 12.4 Å². The van der Waals surface area contributed by atoms with E-state index in [9.17, 15) is 0 Å². The number of benzene rings is 1. The molecule has 0 saturated carbocycles. The molecule has 18 heavy (non-hydrogen) atoms. The van der Waals surface area contributed by atoms with E-state index in [1.54, 1.807) is 0 Å². The maximum absolute atomic E-state index is 5.76. The van der Waals surface area contributed by atoms with Crippen molar-refractivity contribution in [1.29, 1.82) is 0 Å². The smallest absolute Gasteiger partial charge is 0.298 e. The maximum Gasteiger partial charge on any atom is 0.298 e. The second kappa shape index (κ2) is 5.59. The van der Waals surface area contributed by atoms with Crippen LogP contribution in [0.1, 0.15) is 12.8 Å². The van der Waals surface area contributed by atoms with E-state index in [1.807, 2.05) is 24.3 Å². The summed E-state index contributed by atoms with van der Waals surface area (Å²) in [7, 11) is 0. The van der Waals surface area contributed by atoms with E-state index in [-0.39, 0.29) is 12.4 Å². The summed E-state index contributed by atoms with van der Waals surface area (Å²) >= 11 is 0. The fourth-order valence-corrected chi connectivity index (χ4v) is 2.36. The van der Waals surface area contributed by atoms with Crippen LogP contribution in [-0.2, 0) is 0 Å². The van der Waals surface area contributed by atoms with Gasteiger partial charge in [0, 0.05) is 13.1 Å². The second-order valence-electron chi connectivity index (χ2n) is 4.63. The Balaban J connectivity index is 0.00000120. The van der Waals surface area contributed by atoms with Crippen LogP contribution in [0.4, 0.5) is 6.01 Å². The third kappa shape index (κ3) is 2.44. The van der Waals surface area contributed by atoms with Crippen LogP contribution in [0.5, 0.6) is 0 Å². The summed E-state index contributed by atoms with van der Waals surface area (Å²) in [5, 5.41) is 0. The van der Waals surface area contributed by atoms with Gasteiger partial charge in [0.15, 0.2) is 5.58 Å². The molecular formula is C13H18ClN3O. The van der Waals surface area contributed by atoms with Crippen LogP contribution in [0.15, 0.2) is 28.7 Å². The normalized spacial score (nSPS) is 16.8. The minimum absolute atomic E-state index is 0. The van der Waals surface area contributed by atoms with Gasteiger partial charge in [-0.05, 0) is 37.4 Å². The minimum Gasteiger partial charge on any atom is -0.423 e. The highest BCUT2D eigenvalue weighted by molar-refractivity contribution is 5.85. The fourth-order valence-electron chi connectivity index (χ4n) is 2.36. The molecule has 1 saturated heterocycles.